The van der Waals surface area contributed by atoms with E-state index >= 15 is 0 Å². The van der Waals surface area contributed by atoms with Crippen molar-refractivity contribution in [2.45, 2.75) is 0 Å². The van der Waals surface area contributed by atoms with Gasteiger partial charge >= 0.3 is 11.9 Å². The fraction of sp³-hybridized carbons (Fsp3) is 0.0909. The quantitative estimate of drug-likeness (QED) is 0.409. The van der Waals surface area contributed by atoms with Crippen molar-refractivity contribution in [3.8, 4) is 11.5 Å². The number of methoxy groups -OCH3 is 1. The van der Waals surface area contributed by atoms with Crippen molar-refractivity contribution in [2.75, 3.05) is 19.1 Å². The van der Waals surface area contributed by atoms with Gasteiger partial charge in [-0.1, -0.05) is 22.0 Å². The molecule has 0 amide bonds. The van der Waals surface area contributed by atoms with Crippen molar-refractivity contribution >= 4 is 39.2 Å². The molecule has 3 aromatic carbocycles. The molecular weight excluding hydrogens is 438 g/mol. The Morgan fingerprint density at radius 1 is 0.897 bits per heavy atom. The van der Waals surface area contributed by atoms with Crippen LogP contribution < -0.4 is 14.4 Å². The van der Waals surface area contributed by atoms with E-state index in [1.54, 1.807) is 60.7 Å². The van der Waals surface area contributed by atoms with Gasteiger partial charge in [0.25, 0.3) is 0 Å². The molecule has 3 rings (SSSR count). The van der Waals surface area contributed by atoms with E-state index in [0.717, 1.165) is 10.2 Å². The zero-order valence-corrected chi connectivity index (χ0v) is 17.3. The highest BCUT2D eigenvalue weighted by molar-refractivity contribution is 9.10. The first kappa shape index (κ1) is 20.4. The fourth-order valence-electron chi connectivity index (χ4n) is 2.69. The Hall–Kier alpha value is -3.32. The van der Waals surface area contributed by atoms with E-state index in [1.807, 2.05) is 11.9 Å². The van der Waals surface area contributed by atoms with Gasteiger partial charge in [-0.3, -0.25) is 0 Å². The Labute approximate surface area is 176 Å². The Morgan fingerprint density at radius 3 is 2.24 bits per heavy atom. The summed E-state index contributed by atoms with van der Waals surface area (Å²) in [5.74, 6) is -0.815. The molecule has 6 nitrogen and oxygen atoms in total. The minimum absolute atomic E-state index is 0.196. The number of nitrogens with zero attached hydrogens (tertiary/aromatic N) is 1. The maximum Gasteiger partial charge on any atom is 0.343 e. The summed E-state index contributed by atoms with van der Waals surface area (Å²) >= 11 is 3.33. The summed E-state index contributed by atoms with van der Waals surface area (Å²) in [6, 6.07) is 18.6. The van der Waals surface area contributed by atoms with Crippen LogP contribution in [0.1, 0.15) is 20.7 Å². The maximum atomic E-state index is 12.4. The molecule has 0 bridgehead atoms. The minimum atomic E-state index is -0.993. The molecule has 29 heavy (non-hydrogen) atoms. The summed E-state index contributed by atoms with van der Waals surface area (Å²) in [6.07, 6.45) is 0. The molecule has 1 N–H and O–H groups in total. The van der Waals surface area contributed by atoms with Gasteiger partial charge in [-0.15, -0.1) is 0 Å². The van der Waals surface area contributed by atoms with Crippen LogP contribution in [0.5, 0.6) is 11.5 Å². The maximum absolute atomic E-state index is 12.4. The van der Waals surface area contributed by atoms with Crippen molar-refractivity contribution in [1.29, 1.82) is 0 Å². The standard InChI is InChI=1S/C22H18BrNO5/c1-24(17-5-3-4-15(12-17)21(25)26)18-10-11-19(20(13-18)28-2)29-22(27)14-6-8-16(23)9-7-14/h3-13H,1-2H3,(H,25,26). The lowest BCUT2D eigenvalue weighted by molar-refractivity contribution is 0.0694. The summed E-state index contributed by atoms with van der Waals surface area (Å²) in [5.41, 5.74) is 2.06. The van der Waals surface area contributed by atoms with E-state index in [4.69, 9.17) is 9.47 Å². The lowest BCUT2D eigenvalue weighted by atomic mass is 10.1. The van der Waals surface area contributed by atoms with Gasteiger partial charge in [0.05, 0.1) is 18.2 Å². The highest BCUT2D eigenvalue weighted by Crippen LogP contribution is 2.34. The van der Waals surface area contributed by atoms with Gasteiger partial charge in [0, 0.05) is 29.0 Å². The van der Waals surface area contributed by atoms with Gasteiger partial charge in [-0.2, -0.15) is 0 Å². The zero-order chi connectivity index (χ0) is 21.0. The molecule has 0 radical (unpaired) electrons. The van der Waals surface area contributed by atoms with Gasteiger partial charge < -0.3 is 19.5 Å². The molecule has 0 aliphatic carbocycles. The number of benzene rings is 3. The molecule has 0 fully saturated rings. The molecule has 7 heteroatoms. The SMILES string of the molecule is COc1cc(N(C)c2cccc(C(=O)O)c2)ccc1OC(=O)c1ccc(Br)cc1. The lowest BCUT2D eigenvalue weighted by Gasteiger charge is -2.21. The first-order valence-electron chi connectivity index (χ1n) is 8.62. The molecule has 0 aromatic heterocycles. The molecule has 0 saturated carbocycles. The molecular formula is C22H18BrNO5. The van der Waals surface area contributed by atoms with E-state index < -0.39 is 11.9 Å². The number of hydrogen-bond acceptors (Lipinski definition) is 5. The number of esters is 1. The Morgan fingerprint density at radius 2 is 1.59 bits per heavy atom. The van der Waals surface area contributed by atoms with Gasteiger partial charge in [0.15, 0.2) is 11.5 Å². The Kier molecular flexibility index (Phi) is 6.19. The van der Waals surface area contributed by atoms with E-state index in [0.29, 0.717) is 17.0 Å². The number of anilines is 2. The van der Waals surface area contributed by atoms with E-state index in [2.05, 4.69) is 15.9 Å². The minimum Gasteiger partial charge on any atom is -0.493 e. The highest BCUT2D eigenvalue weighted by atomic mass is 79.9. The lowest BCUT2D eigenvalue weighted by Crippen LogP contribution is -2.12. The predicted molar refractivity (Wildman–Crippen MR) is 114 cm³/mol. The summed E-state index contributed by atoms with van der Waals surface area (Å²) < 4.78 is 11.7. The monoisotopic (exact) mass is 455 g/mol. The normalized spacial score (nSPS) is 10.3. The smallest absolute Gasteiger partial charge is 0.343 e. The number of ether oxygens (including phenoxy) is 2. The second-order valence-electron chi connectivity index (χ2n) is 6.15. The van der Waals surface area contributed by atoms with Crippen LogP contribution in [0, 0.1) is 0 Å². The van der Waals surface area contributed by atoms with Crippen LogP contribution in [0.4, 0.5) is 11.4 Å². The largest absolute Gasteiger partial charge is 0.493 e. The molecule has 0 aliphatic heterocycles. The number of carboxylic acid groups (broad SMARTS) is 1. The van der Waals surface area contributed by atoms with E-state index in [1.165, 1.54) is 13.2 Å². The molecule has 0 unspecified atom stereocenters. The average Bonchev–Trinajstić information content (AvgIpc) is 2.74. The van der Waals surface area contributed by atoms with Crippen molar-refractivity contribution < 1.29 is 24.2 Å². The zero-order valence-electron chi connectivity index (χ0n) is 15.8. The number of carbonyl (C=O) groups is 2. The average molecular weight is 456 g/mol. The van der Waals surface area contributed by atoms with Gasteiger partial charge in [-0.25, -0.2) is 9.59 Å². The van der Waals surface area contributed by atoms with Crippen molar-refractivity contribution in [3.63, 3.8) is 0 Å². The number of carbonyl (C=O) groups excluding carboxylic acids is 1. The number of halogens is 1. The van der Waals surface area contributed by atoms with Gasteiger partial charge in [-0.05, 0) is 54.6 Å². The second kappa shape index (κ2) is 8.79. The van der Waals surface area contributed by atoms with Gasteiger partial charge in [0.2, 0.25) is 0 Å². The number of hydrogen-bond donors (Lipinski definition) is 1. The Bertz CT molecular complexity index is 1050. The molecule has 0 aliphatic rings. The number of carboxylic acids is 1. The van der Waals surface area contributed by atoms with Crippen LogP contribution in [-0.4, -0.2) is 31.2 Å². The summed E-state index contributed by atoms with van der Waals surface area (Å²) in [4.78, 5) is 25.4. The van der Waals surface area contributed by atoms with Crippen molar-refractivity contribution in [3.05, 3.63) is 82.3 Å². The van der Waals surface area contributed by atoms with Gasteiger partial charge in [0.1, 0.15) is 0 Å². The third-order valence-electron chi connectivity index (χ3n) is 4.30. The molecule has 0 saturated heterocycles. The van der Waals surface area contributed by atoms with Crippen LogP contribution in [0.2, 0.25) is 0 Å². The van der Waals surface area contributed by atoms with Crippen LogP contribution in [-0.2, 0) is 0 Å². The summed E-state index contributed by atoms with van der Waals surface area (Å²) in [7, 11) is 3.30. The number of rotatable bonds is 6. The van der Waals surface area contributed by atoms with Crippen molar-refractivity contribution in [1.82, 2.24) is 0 Å². The number of aromatic carboxylic acids is 1. The van der Waals surface area contributed by atoms with Crippen LogP contribution >= 0.6 is 15.9 Å². The fourth-order valence-corrected chi connectivity index (χ4v) is 2.95. The molecule has 0 spiro atoms. The van der Waals surface area contributed by atoms with Crippen LogP contribution in [0.25, 0.3) is 0 Å². The van der Waals surface area contributed by atoms with Crippen LogP contribution in [0.15, 0.2) is 71.2 Å². The first-order chi connectivity index (χ1) is 13.9. The third kappa shape index (κ3) is 4.75. The third-order valence-corrected chi connectivity index (χ3v) is 4.83. The predicted octanol–water partition coefficient (Wildman–Crippen LogP) is 5.14. The Balaban J connectivity index is 1.84. The summed E-state index contributed by atoms with van der Waals surface area (Å²) in [6.45, 7) is 0. The second-order valence-corrected chi connectivity index (χ2v) is 7.06. The van der Waals surface area contributed by atoms with Crippen LogP contribution in [0.3, 0.4) is 0 Å². The van der Waals surface area contributed by atoms with E-state index in [9.17, 15) is 14.7 Å². The highest BCUT2D eigenvalue weighted by Gasteiger charge is 2.15. The topological polar surface area (TPSA) is 76.1 Å². The van der Waals surface area contributed by atoms with E-state index in [-0.39, 0.29) is 11.3 Å². The molecule has 3 aromatic rings. The molecule has 0 heterocycles. The van der Waals surface area contributed by atoms with Crippen molar-refractivity contribution in [2.24, 2.45) is 0 Å². The summed E-state index contributed by atoms with van der Waals surface area (Å²) in [5, 5.41) is 9.18. The first-order valence-corrected chi connectivity index (χ1v) is 9.41. The molecule has 0 atom stereocenters. The molecule has 148 valence electrons.